The number of rotatable bonds is 7. The minimum absolute atomic E-state index is 0.0986. The maximum atomic E-state index is 13.2. The summed E-state index contributed by atoms with van der Waals surface area (Å²) in [6.07, 6.45) is 1.34. The van der Waals surface area contributed by atoms with Crippen molar-refractivity contribution in [1.29, 1.82) is 0 Å². The molecule has 1 aliphatic heterocycles. The number of halogens is 4. The first-order valence-electron chi connectivity index (χ1n) is 10.9. The number of nitrogens with zero attached hydrogens (tertiary/aromatic N) is 1. The van der Waals surface area contributed by atoms with Gasteiger partial charge in [-0.05, 0) is 67.1 Å². The molecule has 0 unspecified atom stereocenters. The lowest BCUT2D eigenvalue weighted by Gasteiger charge is -2.26. The molecule has 3 aromatic rings. The second-order valence-electron chi connectivity index (χ2n) is 7.72. The molecule has 1 aliphatic rings. The topological polar surface area (TPSA) is 84.9 Å². The molecule has 1 saturated heterocycles. The van der Waals surface area contributed by atoms with Gasteiger partial charge in [-0.2, -0.15) is 0 Å². The molecule has 0 aliphatic carbocycles. The number of carbonyl (C=O) groups excluding carboxylic acids is 3. The van der Waals surface area contributed by atoms with E-state index in [9.17, 15) is 14.4 Å². The molecule has 1 N–H and O–H groups in total. The summed E-state index contributed by atoms with van der Waals surface area (Å²) in [7, 11) is 0. The van der Waals surface area contributed by atoms with Crippen LogP contribution in [-0.2, 0) is 16.2 Å². The fourth-order valence-corrected chi connectivity index (χ4v) is 4.51. The van der Waals surface area contributed by atoms with Gasteiger partial charge in [-0.1, -0.05) is 56.8 Å². The molecule has 0 spiro atoms. The van der Waals surface area contributed by atoms with Gasteiger partial charge in [-0.15, -0.1) is 0 Å². The van der Waals surface area contributed by atoms with Crippen molar-refractivity contribution in [2.24, 2.45) is 0 Å². The normalized spacial score (nSPS) is 14.7. The van der Waals surface area contributed by atoms with Crippen molar-refractivity contribution < 1.29 is 23.9 Å². The molecule has 4 amide bonds. The van der Waals surface area contributed by atoms with E-state index in [1.165, 1.54) is 12.1 Å². The lowest BCUT2D eigenvalue weighted by Crippen LogP contribution is -2.54. The van der Waals surface area contributed by atoms with E-state index in [-0.39, 0.29) is 23.0 Å². The number of hydrogen-bond donors (Lipinski definition) is 1. The zero-order valence-electron chi connectivity index (χ0n) is 19.2. The third-order valence-electron chi connectivity index (χ3n) is 5.22. The molecule has 0 atom stereocenters. The predicted molar refractivity (Wildman–Crippen MR) is 147 cm³/mol. The van der Waals surface area contributed by atoms with Crippen LogP contribution in [-0.4, -0.2) is 24.5 Å². The number of imide groups is 2. The van der Waals surface area contributed by atoms with Gasteiger partial charge < -0.3 is 9.47 Å². The molecule has 1 heterocycles. The van der Waals surface area contributed by atoms with Crippen molar-refractivity contribution in [3.8, 4) is 11.5 Å². The van der Waals surface area contributed by atoms with Gasteiger partial charge in [0.15, 0.2) is 11.5 Å². The van der Waals surface area contributed by atoms with Crippen molar-refractivity contribution in [2.75, 3.05) is 11.5 Å². The summed E-state index contributed by atoms with van der Waals surface area (Å²) >= 11 is 22.0. The summed E-state index contributed by atoms with van der Waals surface area (Å²) in [5.74, 6) is -1.03. The predicted octanol–water partition coefficient (Wildman–Crippen LogP) is 7.05. The molecular formula is C26H18BrCl3N2O5. The van der Waals surface area contributed by atoms with Crippen molar-refractivity contribution >= 4 is 80.3 Å². The molecule has 11 heteroatoms. The summed E-state index contributed by atoms with van der Waals surface area (Å²) in [5, 5.41) is 3.32. The number of nitrogens with one attached hydrogen (secondary N) is 1. The number of amides is 4. The van der Waals surface area contributed by atoms with E-state index in [0.717, 1.165) is 9.37 Å². The summed E-state index contributed by atoms with van der Waals surface area (Å²) in [4.78, 5) is 39.0. The molecule has 0 bridgehead atoms. The van der Waals surface area contributed by atoms with Crippen molar-refractivity contribution in [3.05, 3.63) is 90.8 Å². The smallest absolute Gasteiger partial charge is 0.335 e. The second kappa shape index (κ2) is 11.6. The Morgan fingerprint density at radius 2 is 1.68 bits per heavy atom. The maximum Gasteiger partial charge on any atom is 0.335 e. The van der Waals surface area contributed by atoms with Crippen LogP contribution in [0, 0.1) is 0 Å². The Labute approximate surface area is 236 Å². The highest BCUT2D eigenvalue weighted by Gasteiger charge is 2.36. The number of benzene rings is 3. The van der Waals surface area contributed by atoms with E-state index >= 15 is 0 Å². The highest BCUT2D eigenvalue weighted by Crippen LogP contribution is 2.38. The summed E-state index contributed by atoms with van der Waals surface area (Å²) in [6.45, 7) is 2.19. The first kappa shape index (κ1) is 27.0. The quantitative estimate of drug-likeness (QED) is 0.225. The number of carbonyl (C=O) groups is 3. The Hall–Kier alpha value is -3.04. The molecule has 0 radical (unpaired) electrons. The van der Waals surface area contributed by atoms with Gasteiger partial charge in [0.05, 0.1) is 17.3 Å². The SMILES string of the molecule is CCOc1cc(/C=C2\C(=O)NC(=O)N(c3ccc(Br)cc3)C2=O)cc(Cl)c1OCc1ccc(Cl)cc1Cl. The van der Waals surface area contributed by atoms with E-state index in [1.807, 2.05) is 0 Å². The van der Waals surface area contributed by atoms with Crippen LogP contribution in [0.3, 0.4) is 0 Å². The molecule has 4 rings (SSSR count). The number of barbiturate groups is 1. The Bertz CT molecular complexity index is 1430. The lowest BCUT2D eigenvalue weighted by atomic mass is 10.1. The number of hydrogen-bond acceptors (Lipinski definition) is 5. The van der Waals surface area contributed by atoms with E-state index in [4.69, 9.17) is 44.3 Å². The highest BCUT2D eigenvalue weighted by atomic mass is 79.9. The third kappa shape index (κ3) is 6.10. The summed E-state index contributed by atoms with van der Waals surface area (Å²) in [5.41, 5.74) is 1.15. The number of urea groups is 1. The van der Waals surface area contributed by atoms with Gasteiger partial charge in [0, 0.05) is 20.1 Å². The van der Waals surface area contributed by atoms with Crippen molar-refractivity contribution in [2.45, 2.75) is 13.5 Å². The van der Waals surface area contributed by atoms with Crippen LogP contribution in [0.25, 0.3) is 6.08 Å². The van der Waals surface area contributed by atoms with Crippen LogP contribution >= 0.6 is 50.7 Å². The molecule has 190 valence electrons. The van der Waals surface area contributed by atoms with E-state index in [0.29, 0.717) is 39.2 Å². The maximum absolute atomic E-state index is 13.2. The average molecular weight is 625 g/mol. The van der Waals surface area contributed by atoms with Crippen LogP contribution in [0.4, 0.5) is 10.5 Å². The van der Waals surface area contributed by atoms with Crippen LogP contribution < -0.4 is 19.7 Å². The summed E-state index contributed by atoms with van der Waals surface area (Å²) < 4.78 is 12.4. The Morgan fingerprint density at radius 1 is 0.946 bits per heavy atom. The van der Waals surface area contributed by atoms with Gasteiger partial charge in [-0.25, -0.2) is 9.69 Å². The highest BCUT2D eigenvalue weighted by molar-refractivity contribution is 9.10. The van der Waals surface area contributed by atoms with Crippen LogP contribution in [0.15, 0.2) is 64.6 Å². The van der Waals surface area contributed by atoms with Gasteiger partial charge in [0.1, 0.15) is 12.2 Å². The van der Waals surface area contributed by atoms with Gasteiger partial charge in [0.2, 0.25) is 0 Å². The molecule has 3 aromatic carbocycles. The third-order valence-corrected chi connectivity index (χ3v) is 6.61. The Morgan fingerprint density at radius 3 is 2.35 bits per heavy atom. The lowest BCUT2D eigenvalue weighted by molar-refractivity contribution is -0.122. The van der Waals surface area contributed by atoms with E-state index < -0.39 is 17.8 Å². The van der Waals surface area contributed by atoms with Gasteiger partial charge in [-0.3, -0.25) is 14.9 Å². The van der Waals surface area contributed by atoms with Crippen molar-refractivity contribution in [3.63, 3.8) is 0 Å². The van der Waals surface area contributed by atoms with Crippen molar-refractivity contribution in [1.82, 2.24) is 5.32 Å². The van der Waals surface area contributed by atoms with Gasteiger partial charge >= 0.3 is 6.03 Å². The average Bonchev–Trinajstić information content (AvgIpc) is 2.83. The van der Waals surface area contributed by atoms with Gasteiger partial charge in [0.25, 0.3) is 11.8 Å². The summed E-state index contributed by atoms with van der Waals surface area (Å²) in [6, 6.07) is 13.8. The van der Waals surface area contributed by atoms with E-state index in [1.54, 1.807) is 55.5 Å². The number of ether oxygens (including phenoxy) is 2. The van der Waals surface area contributed by atoms with Crippen LogP contribution in [0.2, 0.25) is 15.1 Å². The minimum Gasteiger partial charge on any atom is -0.490 e. The molecule has 1 fully saturated rings. The molecule has 7 nitrogen and oxygen atoms in total. The second-order valence-corrected chi connectivity index (χ2v) is 9.89. The first-order chi connectivity index (χ1) is 17.7. The molecule has 0 saturated carbocycles. The first-order valence-corrected chi connectivity index (χ1v) is 12.8. The molecule has 37 heavy (non-hydrogen) atoms. The fraction of sp³-hybridized carbons (Fsp3) is 0.115. The van der Waals surface area contributed by atoms with Crippen LogP contribution in [0.1, 0.15) is 18.1 Å². The molecular weight excluding hydrogens is 607 g/mol. The van der Waals surface area contributed by atoms with E-state index in [2.05, 4.69) is 21.2 Å². The Kier molecular flexibility index (Phi) is 8.44. The zero-order chi connectivity index (χ0) is 26.7. The van der Waals surface area contributed by atoms with Crippen LogP contribution in [0.5, 0.6) is 11.5 Å². The minimum atomic E-state index is -0.841. The number of anilines is 1. The fourth-order valence-electron chi connectivity index (χ4n) is 3.51. The monoisotopic (exact) mass is 622 g/mol. The Balaban J connectivity index is 1.66. The zero-order valence-corrected chi connectivity index (χ0v) is 23.0. The standard InChI is InChI=1S/C26H18BrCl3N2O5/c1-2-36-22-11-14(10-21(30)23(22)37-13-15-3-6-17(28)12-20(15)29)9-19-24(33)31-26(35)32(25(19)34)18-7-4-16(27)5-8-18/h3-12H,2,13H2,1H3,(H,31,33,35)/b19-9+. The largest absolute Gasteiger partial charge is 0.490 e. The molecule has 0 aromatic heterocycles.